The van der Waals surface area contributed by atoms with Crippen LogP contribution in [0.2, 0.25) is 0 Å². The highest BCUT2D eigenvalue weighted by Crippen LogP contribution is 2.21. The van der Waals surface area contributed by atoms with Crippen LogP contribution in [0.5, 0.6) is 0 Å². The molecule has 0 atom stereocenters. The number of anilines is 1. The number of primary amides is 1. The molecule has 0 bridgehead atoms. The monoisotopic (exact) mass is 299 g/mol. The van der Waals surface area contributed by atoms with Gasteiger partial charge in [0.1, 0.15) is 5.82 Å². The number of aromatic nitrogens is 3. The predicted octanol–water partition coefficient (Wildman–Crippen LogP) is 1.89. The van der Waals surface area contributed by atoms with Crippen LogP contribution in [0.25, 0.3) is 5.78 Å². The minimum atomic E-state index is -0.682. The summed E-state index contributed by atoms with van der Waals surface area (Å²) in [6.07, 6.45) is 5.33. The number of nitrogens with one attached hydrogen (secondary N) is 1. The second-order valence-electron chi connectivity index (χ2n) is 4.92. The van der Waals surface area contributed by atoms with Gasteiger partial charge in [0.05, 0.1) is 17.8 Å². The molecule has 112 valence electrons. The van der Waals surface area contributed by atoms with E-state index in [9.17, 15) is 9.18 Å². The Morgan fingerprint density at radius 3 is 3.00 bits per heavy atom. The number of hydrogen-bond donors (Lipinski definition) is 2. The zero-order valence-electron chi connectivity index (χ0n) is 11.9. The molecule has 0 aliphatic heterocycles. The molecule has 3 N–H and O–H groups in total. The van der Waals surface area contributed by atoms with E-state index < -0.39 is 11.7 Å². The first-order valence-electron chi connectivity index (χ1n) is 6.67. The maximum atomic E-state index is 13.6. The second kappa shape index (κ2) is 5.44. The van der Waals surface area contributed by atoms with E-state index in [0.717, 1.165) is 11.8 Å². The van der Waals surface area contributed by atoms with Gasteiger partial charge in [0.2, 0.25) is 5.78 Å². The van der Waals surface area contributed by atoms with Gasteiger partial charge in [-0.15, -0.1) is 0 Å². The Hall–Kier alpha value is -2.96. The predicted molar refractivity (Wildman–Crippen MR) is 80.0 cm³/mol. The third-order valence-corrected chi connectivity index (χ3v) is 3.31. The molecule has 3 rings (SSSR count). The maximum absolute atomic E-state index is 13.6. The van der Waals surface area contributed by atoms with Crippen LogP contribution < -0.4 is 11.1 Å². The topological polar surface area (TPSA) is 85.3 Å². The van der Waals surface area contributed by atoms with Gasteiger partial charge in [-0.1, -0.05) is 0 Å². The number of aryl methyl sites for hydroxylation is 1. The lowest BCUT2D eigenvalue weighted by atomic mass is 10.1. The summed E-state index contributed by atoms with van der Waals surface area (Å²) in [5.74, 6) is -0.556. The van der Waals surface area contributed by atoms with Crippen LogP contribution >= 0.6 is 0 Å². The van der Waals surface area contributed by atoms with E-state index in [0.29, 0.717) is 23.6 Å². The van der Waals surface area contributed by atoms with Crippen molar-refractivity contribution in [1.82, 2.24) is 14.4 Å². The molecule has 3 aromatic rings. The van der Waals surface area contributed by atoms with E-state index in [1.807, 2.05) is 12.4 Å². The molecule has 0 unspecified atom stereocenters. The van der Waals surface area contributed by atoms with Crippen LogP contribution in [0, 0.1) is 12.7 Å². The van der Waals surface area contributed by atoms with E-state index in [1.54, 1.807) is 29.7 Å². The fraction of sp³-hybridized carbons (Fsp3) is 0.133. The minimum Gasteiger partial charge on any atom is -0.379 e. The van der Waals surface area contributed by atoms with Crippen LogP contribution in [0.4, 0.5) is 10.1 Å². The number of nitrogens with two attached hydrogens (primary N) is 1. The number of carbonyl (C=O) groups is 1. The standard InChI is InChI=1S/C15H14FN5O/c1-9-5-13(11(14(17)22)6-12(9)16)19-7-10-8-21-4-2-3-18-15(21)20-10/h2-6,8,19H,7H2,1H3,(H2,17,22). The van der Waals surface area contributed by atoms with E-state index >= 15 is 0 Å². The highest BCUT2D eigenvalue weighted by atomic mass is 19.1. The molecule has 0 saturated carbocycles. The van der Waals surface area contributed by atoms with Crippen molar-refractivity contribution in [2.24, 2.45) is 5.73 Å². The third kappa shape index (κ3) is 2.60. The molecule has 1 aromatic carbocycles. The molecule has 0 radical (unpaired) electrons. The Balaban J connectivity index is 1.86. The van der Waals surface area contributed by atoms with Gasteiger partial charge in [-0.05, 0) is 30.7 Å². The molecule has 1 amide bonds. The molecule has 0 spiro atoms. The SMILES string of the molecule is Cc1cc(NCc2cn3cccnc3n2)c(C(N)=O)cc1F. The lowest BCUT2D eigenvalue weighted by Crippen LogP contribution is -2.15. The molecule has 22 heavy (non-hydrogen) atoms. The summed E-state index contributed by atoms with van der Waals surface area (Å²) >= 11 is 0. The fourth-order valence-corrected chi connectivity index (χ4v) is 2.18. The second-order valence-corrected chi connectivity index (χ2v) is 4.92. The summed E-state index contributed by atoms with van der Waals surface area (Å²) in [4.78, 5) is 19.9. The largest absolute Gasteiger partial charge is 0.379 e. The summed E-state index contributed by atoms with van der Waals surface area (Å²) in [5, 5.41) is 3.07. The summed E-state index contributed by atoms with van der Waals surface area (Å²) in [6.45, 7) is 1.99. The first-order valence-corrected chi connectivity index (χ1v) is 6.67. The Morgan fingerprint density at radius 2 is 2.27 bits per heavy atom. The van der Waals surface area contributed by atoms with E-state index in [-0.39, 0.29) is 5.56 Å². The highest BCUT2D eigenvalue weighted by molar-refractivity contribution is 5.98. The van der Waals surface area contributed by atoms with Crippen molar-refractivity contribution >= 4 is 17.4 Å². The molecular weight excluding hydrogens is 285 g/mol. The van der Waals surface area contributed by atoms with Gasteiger partial charge in [0.15, 0.2) is 0 Å². The maximum Gasteiger partial charge on any atom is 0.250 e. The smallest absolute Gasteiger partial charge is 0.250 e. The first-order chi connectivity index (χ1) is 10.5. The minimum absolute atomic E-state index is 0.116. The molecule has 0 aliphatic rings. The van der Waals surface area contributed by atoms with Crippen molar-refractivity contribution in [3.8, 4) is 0 Å². The fourth-order valence-electron chi connectivity index (χ4n) is 2.18. The van der Waals surface area contributed by atoms with Gasteiger partial charge in [0, 0.05) is 24.3 Å². The van der Waals surface area contributed by atoms with Gasteiger partial charge in [-0.25, -0.2) is 14.4 Å². The molecule has 7 heteroatoms. The average Bonchev–Trinajstić information content (AvgIpc) is 2.90. The van der Waals surface area contributed by atoms with Gasteiger partial charge < -0.3 is 11.1 Å². The Morgan fingerprint density at radius 1 is 1.45 bits per heavy atom. The van der Waals surface area contributed by atoms with E-state index in [4.69, 9.17) is 5.73 Å². The van der Waals surface area contributed by atoms with Crippen LogP contribution in [0.1, 0.15) is 21.6 Å². The lowest BCUT2D eigenvalue weighted by Gasteiger charge is -2.10. The molecule has 0 saturated heterocycles. The lowest BCUT2D eigenvalue weighted by molar-refractivity contribution is 0.100. The van der Waals surface area contributed by atoms with Crippen molar-refractivity contribution in [2.75, 3.05) is 5.32 Å². The van der Waals surface area contributed by atoms with Crippen molar-refractivity contribution in [2.45, 2.75) is 13.5 Å². The van der Waals surface area contributed by atoms with Gasteiger partial charge in [-0.2, -0.15) is 0 Å². The molecule has 2 heterocycles. The number of hydrogen-bond acceptors (Lipinski definition) is 4. The summed E-state index contributed by atoms with van der Waals surface area (Å²) in [7, 11) is 0. The Kier molecular flexibility index (Phi) is 3.46. The highest BCUT2D eigenvalue weighted by Gasteiger charge is 2.12. The molecule has 0 fully saturated rings. The van der Waals surface area contributed by atoms with Crippen molar-refractivity contribution in [1.29, 1.82) is 0 Å². The third-order valence-electron chi connectivity index (χ3n) is 3.31. The molecular formula is C15H14FN5O. The quantitative estimate of drug-likeness (QED) is 0.770. The number of rotatable bonds is 4. The van der Waals surface area contributed by atoms with Crippen LogP contribution in [0.3, 0.4) is 0 Å². The number of carbonyl (C=O) groups excluding carboxylic acids is 1. The summed E-state index contributed by atoms with van der Waals surface area (Å²) in [5.41, 5.74) is 7.07. The molecule has 2 aromatic heterocycles. The van der Waals surface area contributed by atoms with Gasteiger partial charge in [-0.3, -0.25) is 9.20 Å². The van der Waals surface area contributed by atoms with Gasteiger partial charge in [0.25, 0.3) is 5.91 Å². The van der Waals surface area contributed by atoms with Crippen molar-refractivity contribution in [3.05, 3.63) is 59.4 Å². The van der Waals surface area contributed by atoms with Gasteiger partial charge >= 0.3 is 0 Å². The summed E-state index contributed by atoms with van der Waals surface area (Å²) < 4.78 is 15.4. The zero-order valence-corrected chi connectivity index (χ0v) is 11.9. The molecule has 0 aliphatic carbocycles. The van der Waals surface area contributed by atoms with Crippen molar-refractivity contribution < 1.29 is 9.18 Å². The normalized spacial score (nSPS) is 10.8. The van der Waals surface area contributed by atoms with E-state index in [2.05, 4.69) is 15.3 Å². The van der Waals surface area contributed by atoms with Crippen LogP contribution in [-0.2, 0) is 6.54 Å². The number of benzene rings is 1. The Labute approximate surface area is 125 Å². The summed E-state index contributed by atoms with van der Waals surface area (Å²) in [6, 6.07) is 4.51. The zero-order chi connectivity index (χ0) is 15.7. The number of amides is 1. The Bertz CT molecular complexity index is 825. The number of fused-ring (bicyclic) bond motifs is 1. The molecule has 6 nitrogen and oxygen atoms in total. The first kappa shape index (κ1) is 14.0. The van der Waals surface area contributed by atoms with E-state index in [1.165, 1.54) is 0 Å². The number of imidazole rings is 1. The van der Waals surface area contributed by atoms with Crippen LogP contribution in [-0.4, -0.2) is 20.3 Å². The number of nitrogens with zero attached hydrogens (tertiary/aromatic N) is 3. The number of halogens is 1. The average molecular weight is 299 g/mol. The van der Waals surface area contributed by atoms with Crippen molar-refractivity contribution in [3.63, 3.8) is 0 Å². The van der Waals surface area contributed by atoms with Crippen LogP contribution in [0.15, 0.2) is 36.8 Å².